The quantitative estimate of drug-likeness (QED) is 0.204. The summed E-state index contributed by atoms with van der Waals surface area (Å²) in [5.74, 6) is 4.04. The number of aromatic nitrogens is 5. The van der Waals surface area contributed by atoms with Crippen molar-refractivity contribution in [2.24, 2.45) is 4.99 Å². The van der Waals surface area contributed by atoms with Crippen LogP contribution in [0.5, 0.6) is 0 Å². The maximum Gasteiger partial charge on any atom is 0.193 e. The largest absolute Gasteiger partial charge is 0.356 e. The van der Waals surface area contributed by atoms with E-state index in [0.29, 0.717) is 6.54 Å². The van der Waals surface area contributed by atoms with Crippen molar-refractivity contribution >= 4 is 29.9 Å². The highest BCUT2D eigenvalue weighted by atomic mass is 127. The fourth-order valence-corrected chi connectivity index (χ4v) is 4.07. The summed E-state index contributed by atoms with van der Waals surface area (Å²) < 4.78 is 2.33. The molecule has 0 fully saturated rings. The number of guanidine groups is 1. The van der Waals surface area contributed by atoms with E-state index in [1.165, 1.54) is 19.3 Å². The van der Waals surface area contributed by atoms with Gasteiger partial charge in [-0.25, -0.2) is 4.98 Å². The fraction of sp³-hybridized carbons (Fsp3) is 0.478. The van der Waals surface area contributed by atoms with Gasteiger partial charge in [-0.15, -0.1) is 34.2 Å². The Morgan fingerprint density at radius 1 is 1.19 bits per heavy atom. The molecule has 0 saturated heterocycles. The Balaban J connectivity index is 0.00000289. The smallest absolute Gasteiger partial charge is 0.193 e. The number of hydrogen-bond acceptors (Lipinski definition) is 4. The minimum atomic E-state index is 0. The predicted octanol–water partition coefficient (Wildman–Crippen LogP) is 3.65. The topological polar surface area (TPSA) is 87.0 Å². The molecule has 0 amide bonds. The summed E-state index contributed by atoms with van der Waals surface area (Å²) in [4.78, 5) is 14.4. The number of aromatic amines is 1. The first-order valence-electron chi connectivity index (χ1n) is 11.2. The Hall–Kier alpha value is -2.43. The molecule has 0 bridgehead atoms. The number of imidazole rings is 1. The highest BCUT2D eigenvalue weighted by Gasteiger charge is 2.14. The van der Waals surface area contributed by atoms with Gasteiger partial charge in [0.25, 0.3) is 0 Å². The van der Waals surface area contributed by atoms with E-state index in [2.05, 4.69) is 52.1 Å². The average molecular weight is 548 g/mol. The van der Waals surface area contributed by atoms with Crippen LogP contribution in [0.2, 0.25) is 0 Å². The van der Waals surface area contributed by atoms with Crippen molar-refractivity contribution < 1.29 is 0 Å². The van der Waals surface area contributed by atoms with E-state index in [0.717, 1.165) is 67.0 Å². The average Bonchev–Trinajstić information content (AvgIpc) is 3.34. The molecule has 0 saturated carbocycles. The zero-order chi connectivity index (χ0) is 21.5. The first kappa shape index (κ1) is 24.2. The standard InChI is InChI=1S/C23H32N8.HI/c1-24-23(25-14-9-13-22-29-28-21-12-7-4-8-15-31(21)22)30(2)17-20-26-16-19(27-20)18-10-5-3-6-11-18;/h3,5-6,10-11,16H,4,7-9,12-15,17H2,1-2H3,(H,24,25)(H,26,27);1H. The van der Waals surface area contributed by atoms with Gasteiger partial charge < -0.3 is 19.8 Å². The van der Waals surface area contributed by atoms with Gasteiger partial charge in [0.2, 0.25) is 0 Å². The van der Waals surface area contributed by atoms with Gasteiger partial charge in [-0.3, -0.25) is 4.99 Å². The summed E-state index contributed by atoms with van der Waals surface area (Å²) in [6.45, 7) is 2.56. The Morgan fingerprint density at radius 3 is 2.84 bits per heavy atom. The summed E-state index contributed by atoms with van der Waals surface area (Å²) in [7, 11) is 3.84. The highest BCUT2D eigenvalue weighted by molar-refractivity contribution is 14.0. The number of hydrogen-bond donors (Lipinski definition) is 2. The van der Waals surface area contributed by atoms with Crippen LogP contribution in [0, 0.1) is 0 Å². The van der Waals surface area contributed by atoms with Crippen molar-refractivity contribution in [1.82, 2.24) is 34.9 Å². The summed E-state index contributed by atoms with van der Waals surface area (Å²) in [6.07, 6.45) is 8.60. The number of H-pyrrole nitrogens is 1. The molecule has 0 unspecified atom stereocenters. The van der Waals surface area contributed by atoms with Crippen LogP contribution in [-0.4, -0.2) is 56.2 Å². The zero-order valence-electron chi connectivity index (χ0n) is 18.9. The maximum absolute atomic E-state index is 4.53. The Labute approximate surface area is 207 Å². The number of halogens is 1. The molecule has 9 heteroatoms. The first-order valence-corrected chi connectivity index (χ1v) is 11.2. The third kappa shape index (κ3) is 6.08. The van der Waals surface area contributed by atoms with Gasteiger partial charge >= 0.3 is 0 Å². The lowest BCUT2D eigenvalue weighted by atomic mass is 10.2. The van der Waals surface area contributed by atoms with E-state index in [4.69, 9.17) is 0 Å². The van der Waals surface area contributed by atoms with Crippen molar-refractivity contribution in [2.75, 3.05) is 20.6 Å². The minimum absolute atomic E-state index is 0. The number of nitrogens with zero attached hydrogens (tertiary/aromatic N) is 6. The van der Waals surface area contributed by atoms with Crippen molar-refractivity contribution in [3.8, 4) is 11.3 Å². The van der Waals surface area contributed by atoms with Gasteiger partial charge in [0, 0.05) is 40.0 Å². The maximum atomic E-state index is 4.53. The van der Waals surface area contributed by atoms with Crippen LogP contribution in [-0.2, 0) is 25.9 Å². The molecule has 2 N–H and O–H groups in total. The SMILES string of the molecule is CN=C(NCCCc1nnc2n1CCCCC2)N(C)Cc1ncc(-c2ccccc2)[nH]1.I. The van der Waals surface area contributed by atoms with Gasteiger partial charge in [-0.2, -0.15) is 0 Å². The summed E-state index contributed by atoms with van der Waals surface area (Å²) in [6, 6.07) is 10.2. The number of aliphatic imine (C=N–C) groups is 1. The van der Waals surface area contributed by atoms with Gasteiger partial charge in [-0.05, 0) is 24.8 Å². The van der Waals surface area contributed by atoms with Crippen molar-refractivity contribution in [1.29, 1.82) is 0 Å². The normalized spacial score (nSPS) is 13.8. The van der Waals surface area contributed by atoms with Crippen LogP contribution in [0.25, 0.3) is 11.3 Å². The third-order valence-electron chi connectivity index (χ3n) is 5.72. The molecule has 1 aliphatic heterocycles. The molecule has 0 radical (unpaired) electrons. The fourth-order valence-electron chi connectivity index (χ4n) is 4.07. The first-order chi connectivity index (χ1) is 15.2. The van der Waals surface area contributed by atoms with Crippen LogP contribution in [0.4, 0.5) is 0 Å². The number of fused-ring (bicyclic) bond motifs is 1. The molecule has 8 nitrogen and oxygen atoms in total. The molecular weight excluding hydrogens is 515 g/mol. The van der Waals surface area contributed by atoms with Crippen molar-refractivity contribution in [3.05, 3.63) is 54.0 Å². The zero-order valence-corrected chi connectivity index (χ0v) is 21.2. The van der Waals surface area contributed by atoms with E-state index >= 15 is 0 Å². The van der Waals surface area contributed by atoms with E-state index in [9.17, 15) is 0 Å². The van der Waals surface area contributed by atoms with E-state index < -0.39 is 0 Å². The summed E-state index contributed by atoms with van der Waals surface area (Å²) >= 11 is 0. The lowest BCUT2D eigenvalue weighted by molar-refractivity contribution is 0.462. The number of benzene rings is 1. The molecular formula is C23H33IN8. The molecule has 32 heavy (non-hydrogen) atoms. The molecule has 0 aliphatic carbocycles. The molecule has 1 aromatic carbocycles. The number of nitrogens with one attached hydrogen (secondary N) is 2. The predicted molar refractivity (Wildman–Crippen MR) is 138 cm³/mol. The minimum Gasteiger partial charge on any atom is -0.356 e. The molecule has 0 spiro atoms. The van der Waals surface area contributed by atoms with Gasteiger partial charge in [0.15, 0.2) is 5.96 Å². The Bertz CT molecular complexity index is 995. The second kappa shape index (κ2) is 12.0. The van der Waals surface area contributed by atoms with Crippen LogP contribution in [0.1, 0.15) is 43.2 Å². The Morgan fingerprint density at radius 2 is 2.03 bits per heavy atom. The van der Waals surface area contributed by atoms with Crippen molar-refractivity contribution in [2.45, 2.75) is 51.6 Å². The Kier molecular flexibility index (Phi) is 9.07. The molecule has 1 aliphatic rings. The number of rotatable bonds is 7. The second-order valence-electron chi connectivity index (χ2n) is 8.04. The van der Waals surface area contributed by atoms with Gasteiger partial charge in [0.05, 0.1) is 18.4 Å². The van der Waals surface area contributed by atoms with E-state index in [1.54, 1.807) is 0 Å². The second-order valence-corrected chi connectivity index (χ2v) is 8.04. The molecule has 4 rings (SSSR count). The monoisotopic (exact) mass is 548 g/mol. The number of aryl methyl sites for hydroxylation is 2. The van der Waals surface area contributed by atoms with Crippen LogP contribution >= 0.6 is 24.0 Å². The molecule has 2 aromatic heterocycles. The molecule has 3 heterocycles. The summed E-state index contributed by atoms with van der Waals surface area (Å²) in [5, 5.41) is 12.3. The molecule has 3 aromatic rings. The van der Waals surface area contributed by atoms with Crippen molar-refractivity contribution in [3.63, 3.8) is 0 Å². The third-order valence-corrected chi connectivity index (χ3v) is 5.72. The van der Waals surface area contributed by atoms with Crippen LogP contribution in [0.15, 0.2) is 41.5 Å². The van der Waals surface area contributed by atoms with Crippen LogP contribution in [0.3, 0.4) is 0 Å². The van der Waals surface area contributed by atoms with E-state index in [1.807, 2.05) is 38.5 Å². The lowest BCUT2D eigenvalue weighted by Gasteiger charge is -2.21. The van der Waals surface area contributed by atoms with Gasteiger partial charge in [-0.1, -0.05) is 36.8 Å². The highest BCUT2D eigenvalue weighted by Crippen LogP contribution is 2.17. The van der Waals surface area contributed by atoms with Gasteiger partial charge in [0.1, 0.15) is 17.5 Å². The summed E-state index contributed by atoms with van der Waals surface area (Å²) in [5.41, 5.74) is 2.16. The lowest BCUT2D eigenvalue weighted by Crippen LogP contribution is -2.39. The van der Waals surface area contributed by atoms with Crippen LogP contribution < -0.4 is 5.32 Å². The molecule has 0 atom stereocenters. The molecule has 172 valence electrons. The van der Waals surface area contributed by atoms with E-state index in [-0.39, 0.29) is 24.0 Å².